The minimum atomic E-state index is -4.67. The number of hydrogen-bond donors (Lipinski definition) is 4. The monoisotopic (exact) mass is 318 g/mol. The molecule has 1 rings (SSSR count). The van der Waals surface area contributed by atoms with Gasteiger partial charge in [-0.05, 0) is 6.42 Å². The van der Waals surface area contributed by atoms with E-state index in [-0.39, 0.29) is 5.75 Å². The zero-order chi connectivity index (χ0) is 15.4. The fourth-order valence-electron chi connectivity index (χ4n) is 0.750. The number of hydrogen-bond acceptors (Lipinski definition) is 5. The molecule has 0 bridgehead atoms. The third kappa shape index (κ3) is 38.3. The Balaban J connectivity index is 0. The summed E-state index contributed by atoms with van der Waals surface area (Å²) in [7, 11) is -8.36. The van der Waals surface area contributed by atoms with Gasteiger partial charge in [-0.15, -0.1) is 0 Å². The van der Waals surface area contributed by atoms with Crippen LogP contribution >= 0.6 is 0 Å². The van der Waals surface area contributed by atoms with Crippen molar-refractivity contribution in [2.45, 2.75) is 26.2 Å². The van der Waals surface area contributed by atoms with Gasteiger partial charge in [0.15, 0.2) is 0 Å². The molecule has 0 unspecified atom stereocenters. The molecule has 1 heterocycles. The summed E-state index contributed by atoms with van der Waals surface area (Å²) < 4.78 is 59.9. The Bertz CT molecular complexity index is 456. The minimum absolute atomic E-state index is 0.0964. The summed E-state index contributed by atoms with van der Waals surface area (Å²) in [5.41, 5.74) is 0. The molecule has 1 aromatic heterocycles. The number of imidazole rings is 1. The molecule has 1 aromatic rings. The summed E-state index contributed by atoms with van der Waals surface area (Å²) in [6.45, 7) is 1.98. The highest BCUT2D eigenvalue weighted by Crippen LogP contribution is 1.96. The van der Waals surface area contributed by atoms with Gasteiger partial charge >= 0.3 is 10.4 Å². The van der Waals surface area contributed by atoms with Gasteiger partial charge in [-0.25, -0.2) is 4.98 Å². The Kier molecular flexibility index (Phi) is 11.6. The van der Waals surface area contributed by atoms with E-state index in [1.54, 1.807) is 18.7 Å². The molecule has 4 N–H and O–H groups in total. The van der Waals surface area contributed by atoms with E-state index >= 15 is 0 Å². The molecule has 0 saturated carbocycles. The summed E-state index contributed by atoms with van der Waals surface area (Å²) in [5.74, 6) is -0.0964. The second kappa shape index (κ2) is 10.9. The average molecular weight is 318 g/mol. The third-order valence-corrected chi connectivity index (χ3v) is 2.22. The van der Waals surface area contributed by atoms with Gasteiger partial charge < -0.3 is 4.98 Å². The fraction of sp³-hybridized carbons (Fsp3) is 0.625. The number of aromatic amines is 1. The van der Waals surface area contributed by atoms with E-state index in [0.717, 1.165) is 12.8 Å². The molecule has 9 nitrogen and oxygen atoms in total. The van der Waals surface area contributed by atoms with Crippen LogP contribution in [0, 0.1) is 0 Å². The molecule has 0 spiro atoms. The number of aromatic nitrogens is 2. The zero-order valence-corrected chi connectivity index (χ0v) is 11.9. The number of H-pyrrole nitrogens is 1. The van der Waals surface area contributed by atoms with E-state index in [4.69, 9.17) is 22.1 Å². The molecule has 0 aliphatic rings. The molecule has 0 aliphatic carbocycles. The molecule has 0 radical (unpaired) electrons. The van der Waals surface area contributed by atoms with Gasteiger partial charge in [0.05, 0.1) is 12.1 Å². The van der Waals surface area contributed by atoms with Crippen LogP contribution in [-0.2, 0) is 20.5 Å². The molecular formula is C8H18N2O7S2. The van der Waals surface area contributed by atoms with Crippen LogP contribution < -0.4 is 0 Å². The van der Waals surface area contributed by atoms with Gasteiger partial charge in [-0.3, -0.25) is 13.7 Å². The number of unbranched alkanes of at least 4 members (excludes halogenated alkanes) is 2. The second-order valence-corrected chi connectivity index (χ2v) is 5.67. The van der Waals surface area contributed by atoms with Crippen LogP contribution in [0.3, 0.4) is 0 Å². The van der Waals surface area contributed by atoms with Crippen molar-refractivity contribution in [2.24, 2.45) is 0 Å². The molecule has 11 heteroatoms. The maximum Gasteiger partial charge on any atom is 0.394 e. The van der Waals surface area contributed by atoms with Crippen LogP contribution in [0.4, 0.5) is 0 Å². The topological polar surface area (TPSA) is 158 Å². The van der Waals surface area contributed by atoms with Gasteiger partial charge in [0.2, 0.25) is 0 Å². The lowest BCUT2D eigenvalue weighted by atomic mass is 10.3. The van der Waals surface area contributed by atoms with Crippen molar-refractivity contribution in [2.75, 3.05) is 5.75 Å². The predicted octanol–water partition coefficient (Wildman–Crippen LogP) is 0.821. The van der Waals surface area contributed by atoms with Crippen molar-refractivity contribution < 1.29 is 30.5 Å². The predicted molar refractivity (Wildman–Crippen MR) is 68.7 cm³/mol. The molecule has 0 aliphatic heterocycles. The van der Waals surface area contributed by atoms with E-state index in [1.807, 2.05) is 6.92 Å². The largest absolute Gasteiger partial charge is 0.394 e. The van der Waals surface area contributed by atoms with Crippen LogP contribution in [-0.4, -0.2) is 46.2 Å². The lowest BCUT2D eigenvalue weighted by Crippen LogP contribution is -2.02. The molecule has 0 atom stereocenters. The lowest BCUT2D eigenvalue weighted by molar-refractivity contribution is 0.381. The van der Waals surface area contributed by atoms with E-state index in [0.29, 0.717) is 6.42 Å². The standard InChI is InChI=1S/C5H12O3S.C3H4N2.H2O4S/c1-2-3-4-5-9(6,7)8;1-2-5-3-4-1;1-5(2,3)4/h2-5H2,1H3,(H,6,7,8);1-3H,(H,4,5);(H2,1,2,3,4). The lowest BCUT2D eigenvalue weighted by Gasteiger charge is -1.92. The van der Waals surface area contributed by atoms with Gasteiger partial charge in [0.25, 0.3) is 10.1 Å². The van der Waals surface area contributed by atoms with Crippen LogP contribution in [0.2, 0.25) is 0 Å². The van der Waals surface area contributed by atoms with Crippen LogP contribution in [0.25, 0.3) is 0 Å². The molecule has 0 saturated heterocycles. The van der Waals surface area contributed by atoms with Crippen LogP contribution in [0.1, 0.15) is 26.2 Å². The van der Waals surface area contributed by atoms with E-state index in [9.17, 15) is 8.42 Å². The molecule has 0 amide bonds. The average Bonchev–Trinajstić information content (AvgIpc) is 2.70. The Morgan fingerprint density at radius 2 is 1.63 bits per heavy atom. The highest BCUT2D eigenvalue weighted by atomic mass is 32.3. The first kappa shape index (κ1) is 20.3. The highest BCUT2D eigenvalue weighted by molar-refractivity contribution is 7.85. The Hall–Kier alpha value is -1.01. The molecule has 0 fully saturated rings. The maximum absolute atomic E-state index is 10.1. The fourth-order valence-corrected chi connectivity index (χ4v) is 1.32. The minimum Gasteiger partial charge on any atom is -0.351 e. The molecule has 0 aromatic carbocycles. The normalized spacial score (nSPS) is 10.7. The van der Waals surface area contributed by atoms with E-state index in [1.165, 1.54) is 0 Å². The van der Waals surface area contributed by atoms with Crippen LogP contribution in [0.15, 0.2) is 18.7 Å². The second-order valence-electron chi connectivity index (χ2n) is 3.20. The highest BCUT2D eigenvalue weighted by Gasteiger charge is 2.01. The van der Waals surface area contributed by atoms with Crippen molar-refractivity contribution in [3.05, 3.63) is 18.7 Å². The first-order valence-corrected chi connectivity index (χ1v) is 8.14. The van der Waals surface area contributed by atoms with Gasteiger partial charge in [0.1, 0.15) is 0 Å². The van der Waals surface area contributed by atoms with E-state index < -0.39 is 20.5 Å². The molecular weight excluding hydrogens is 300 g/mol. The summed E-state index contributed by atoms with van der Waals surface area (Å²) in [5, 5.41) is 0. The van der Waals surface area contributed by atoms with E-state index in [2.05, 4.69) is 9.97 Å². The summed E-state index contributed by atoms with van der Waals surface area (Å²) in [6.07, 6.45) is 7.48. The van der Waals surface area contributed by atoms with Crippen molar-refractivity contribution in [3.8, 4) is 0 Å². The van der Waals surface area contributed by atoms with Crippen molar-refractivity contribution >= 4 is 20.5 Å². The zero-order valence-electron chi connectivity index (χ0n) is 10.3. The quantitative estimate of drug-likeness (QED) is 0.469. The van der Waals surface area contributed by atoms with Gasteiger partial charge in [-0.1, -0.05) is 19.8 Å². The van der Waals surface area contributed by atoms with Crippen LogP contribution in [0.5, 0.6) is 0 Å². The summed E-state index contributed by atoms with van der Waals surface area (Å²) >= 11 is 0. The number of nitrogens with zero attached hydrogens (tertiary/aromatic N) is 1. The van der Waals surface area contributed by atoms with Gasteiger partial charge in [-0.2, -0.15) is 16.8 Å². The molecule has 114 valence electrons. The Morgan fingerprint density at radius 1 is 1.11 bits per heavy atom. The first-order chi connectivity index (χ1) is 8.56. The summed E-state index contributed by atoms with van der Waals surface area (Å²) in [4.78, 5) is 6.42. The number of rotatable bonds is 4. The molecule has 19 heavy (non-hydrogen) atoms. The first-order valence-electron chi connectivity index (χ1n) is 5.14. The van der Waals surface area contributed by atoms with Crippen molar-refractivity contribution in [1.29, 1.82) is 0 Å². The summed E-state index contributed by atoms with van der Waals surface area (Å²) in [6, 6.07) is 0. The Morgan fingerprint density at radius 3 is 1.84 bits per heavy atom. The third-order valence-electron chi connectivity index (χ3n) is 1.41. The number of nitrogens with one attached hydrogen (secondary N) is 1. The SMILES string of the molecule is CCCCCS(=O)(=O)O.O=S(=O)(O)O.c1c[nH]cn1. The van der Waals surface area contributed by atoms with Gasteiger partial charge in [0, 0.05) is 12.4 Å². The maximum atomic E-state index is 10.1. The van der Waals surface area contributed by atoms with Crippen molar-refractivity contribution in [3.63, 3.8) is 0 Å². The van der Waals surface area contributed by atoms with Crippen molar-refractivity contribution in [1.82, 2.24) is 9.97 Å². The smallest absolute Gasteiger partial charge is 0.351 e. The Labute approximate surface area is 112 Å².